The van der Waals surface area contributed by atoms with Crippen molar-refractivity contribution in [3.8, 4) is 0 Å². The highest BCUT2D eigenvalue weighted by atomic mass is 32.1. The number of hydrogen-bond donors (Lipinski definition) is 1. The summed E-state index contributed by atoms with van der Waals surface area (Å²) in [6.07, 6.45) is 0. The third kappa shape index (κ3) is 4.16. The molecule has 1 atom stereocenters. The molecule has 1 nitrogen and oxygen atoms in total. The van der Waals surface area contributed by atoms with Crippen molar-refractivity contribution in [1.82, 2.24) is 4.90 Å². The van der Waals surface area contributed by atoms with Crippen LogP contribution >= 0.6 is 12.6 Å². The van der Waals surface area contributed by atoms with Crippen LogP contribution in [0.5, 0.6) is 0 Å². The molecule has 0 saturated carbocycles. The fourth-order valence-corrected chi connectivity index (χ4v) is 1.66. The molecular weight excluding hydrogens is 190 g/mol. The van der Waals surface area contributed by atoms with Gasteiger partial charge in [0.2, 0.25) is 0 Å². The average molecular weight is 209 g/mol. The van der Waals surface area contributed by atoms with Gasteiger partial charge in [0.05, 0.1) is 0 Å². The molecule has 0 aromatic heterocycles. The Morgan fingerprint density at radius 2 is 1.93 bits per heavy atom. The summed E-state index contributed by atoms with van der Waals surface area (Å²) in [4.78, 5) is 2.34. The molecule has 78 valence electrons. The lowest BCUT2D eigenvalue weighted by Gasteiger charge is -2.20. The quantitative estimate of drug-likeness (QED) is 0.730. The maximum atomic E-state index is 4.29. The Hall–Kier alpha value is -0.470. The lowest BCUT2D eigenvalue weighted by Crippen LogP contribution is -2.24. The van der Waals surface area contributed by atoms with Crippen molar-refractivity contribution in [3.63, 3.8) is 0 Å². The van der Waals surface area contributed by atoms with Crippen LogP contribution in [0.2, 0.25) is 0 Å². The Kier molecular flexibility index (Phi) is 5.05. The summed E-state index contributed by atoms with van der Waals surface area (Å²) < 4.78 is 0. The molecule has 1 unspecified atom stereocenters. The molecule has 1 aromatic rings. The van der Waals surface area contributed by atoms with Gasteiger partial charge in [0.1, 0.15) is 0 Å². The second kappa shape index (κ2) is 6.10. The fourth-order valence-electron chi connectivity index (χ4n) is 1.55. The van der Waals surface area contributed by atoms with Gasteiger partial charge in [0.25, 0.3) is 0 Å². The highest BCUT2D eigenvalue weighted by Crippen LogP contribution is 2.06. The number of benzene rings is 1. The average Bonchev–Trinajstić information content (AvgIpc) is 2.19. The van der Waals surface area contributed by atoms with E-state index >= 15 is 0 Å². The Bertz CT molecular complexity index is 248. The fraction of sp³-hybridized carbons (Fsp3) is 0.500. The van der Waals surface area contributed by atoms with E-state index in [1.807, 2.05) is 0 Å². The number of nitrogens with zero attached hydrogens (tertiary/aromatic N) is 1. The summed E-state index contributed by atoms with van der Waals surface area (Å²) in [6, 6.07) is 10.6. The Labute approximate surface area is 92.5 Å². The van der Waals surface area contributed by atoms with Crippen molar-refractivity contribution in [2.24, 2.45) is 5.92 Å². The third-order valence-electron chi connectivity index (χ3n) is 2.23. The molecule has 0 N–H and O–H groups in total. The molecule has 0 radical (unpaired) electrons. The van der Waals surface area contributed by atoms with Crippen molar-refractivity contribution in [1.29, 1.82) is 0 Å². The minimum Gasteiger partial charge on any atom is -0.302 e. The van der Waals surface area contributed by atoms with Gasteiger partial charge in [0.15, 0.2) is 0 Å². The second-order valence-electron chi connectivity index (χ2n) is 3.97. The molecule has 0 aliphatic heterocycles. The Morgan fingerprint density at radius 3 is 2.50 bits per heavy atom. The van der Waals surface area contributed by atoms with Gasteiger partial charge in [-0.25, -0.2) is 0 Å². The lowest BCUT2D eigenvalue weighted by molar-refractivity contribution is 0.291. The zero-order valence-electron chi connectivity index (χ0n) is 8.98. The van der Waals surface area contributed by atoms with Gasteiger partial charge in [-0.2, -0.15) is 12.6 Å². The molecule has 0 spiro atoms. The highest BCUT2D eigenvalue weighted by molar-refractivity contribution is 7.80. The Morgan fingerprint density at radius 1 is 1.29 bits per heavy atom. The number of hydrogen-bond acceptors (Lipinski definition) is 2. The maximum Gasteiger partial charge on any atom is 0.0230 e. The molecule has 0 bridgehead atoms. The van der Waals surface area contributed by atoms with Crippen LogP contribution in [0.3, 0.4) is 0 Å². The highest BCUT2D eigenvalue weighted by Gasteiger charge is 2.04. The molecule has 14 heavy (non-hydrogen) atoms. The molecule has 0 aliphatic carbocycles. The van der Waals surface area contributed by atoms with Crippen molar-refractivity contribution in [3.05, 3.63) is 35.9 Å². The number of thiol groups is 1. The van der Waals surface area contributed by atoms with E-state index in [2.05, 4.69) is 61.8 Å². The van der Waals surface area contributed by atoms with E-state index in [0.29, 0.717) is 5.92 Å². The van der Waals surface area contributed by atoms with Crippen LogP contribution in [0.1, 0.15) is 12.5 Å². The van der Waals surface area contributed by atoms with Crippen molar-refractivity contribution in [2.75, 3.05) is 19.3 Å². The predicted molar refractivity (Wildman–Crippen MR) is 65.8 cm³/mol. The van der Waals surface area contributed by atoms with Crippen molar-refractivity contribution < 1.29 is 0 Å². The van der Waals surface area contributed by atoms with Gasteiger partial charge in [-0.15, -0.1) is 0 Å². The summed E-state index contributed by atoms with van der Waals surface area (Å²) >= 11 is 4.29. The normalized spacial score (nSPS) is 13.1. The van der Waals surface area contributed by atoms with Gasteiger partial charge >= 0.3 is 0 Å². The van der Waals surface area contributed by atoms with Gasteiger partial charge in [-0.3, -0.25) is 0 Å². The van der Waals surface area contributed by atoms with Crippen LogP contribution < -0.4 is 0 Å². The van der Waals surface area contributed by atoms with Crippen LogP contribution in [0, 0.1) is 5.92 Å². The molecule has 0 saturated heterocycles. The second-order valence-corrected chi connectivity index (χ2v) is 4.34. The first kappa shape index (κ1) is 11.6. The molecule has 0 amide bonds. The van der Waals surface area contributed by atoms with Crippen molar-refractivity contribution >= 4 is 12.6 Å². The minimum atomic E-state index is 0.659. The van der Waals surface area contributed by atoms with Gasteiger partial charge in [-0.1, -0.05) is 37.3 Å². The summed E-state index contributed by atoms with van der Waals surface area (Å²) in [7, 11) is 2.16. The molecule has 2 heteroatoms. The van der Waals surface area contributed by atoms with Gasteiger partial charge < -0.3 is 4.90 Å². The minimum absolute atomic E-state index is 0.659. The predicted octanol–water partition coefficient (Wildman–Crippen LogP) is 2.68. The third-order valence-corrected chi connectivity index (χ3v) is 2.85. The SMILES string of the molecule is CC(CS)CN(C)Cc1ccccc1. The standard InChI is InChI=1S/C12H19NS/c1-11(10-14)8-13(2)9-12-6-4-3-5-7-12/h3-7,11,14H,8-10H2,1-2H3. The van der Waals surface area contributed by atoms with Crippen molar-refractivity contribution in [2.45, 2.75) is 13.5 Å². The monoisotopic (exact) mass is 209 g/mol. The lowest BCUT2D eigenvalue weighted by atomic mass is 10.2. The van der Waals surface area contributed by atoms with Gasteiger partial charge in [-0.05, 0) is 24.3 Å². The summed E-state index contributed by atoms with van der Waals surface area (Å²) in [5.74, 6) is 1.62. The first-order valence-corrected chi connectivity index (χ1v) is 5.69. The van der Waals surface area contributed by atoms with E-state index in [9.17, 15) is 0 Å². The first-order chi connectivity index (χ1) is 6.72. The molecule has 0 aliphatic rings. The van der Waals surface area contributed by atoms with E-state index < -0.39 is 0 Å². The molecule has 0 fully saturated rings. The van der Waals surface area contributed by atoms with Crippen LogP contribution in [-0.4, -0.2) is 24.2 Å². The molecular formula is C12H19NS. The smallest absolute Gasteiger partial charge is 0.0230 e. The van der Waals surface area contributed by atoms with E-state index in [4.69, 9.17) is 0 Å². The van der Waals surface area contributed by atoms with Crippen LogP contribution in [0.4, 0.5) is 0 Å². The van der Waals surface area contributed by atoms with E-state index in [0.717, 1.165) is 18.8 Å². The van der Waals surface area contributed by atoms with Crippen LogP contribution in [-0.2, 0) is 6.54 Å². The molecule has 0 heterocycles. The van der Waals surface area contributed by atoms with Crippen LogP contribution in [0.15, 0.2) is 30.3 Å². The topological polar surface area (TPSA) is 3.24 Å². The largest absolute Gasteiger partial charge is 0.302 e. The number of rotatable bonds is 5. The zero-order chi connectivity index (χ0) is 10.4. The van der Waals surface area contributed by atoms with E-state index in [1.54, 1.807) is 0 Å². The zero-order valence-corrected chi connectivity index (χ0v) is 9.87. The summed E-state index contributed by atoms with van der Waals surface area (Å²) in [5.41, 5.74) is 1.38. The maximum absolute atomic E-state index is 4.29. The van der Waals surface area contributed by atoms with E-state index in [-0.39, 0.29) is 0 Å². The van der Waals surface area contributed by atoms with Gasteiger partial charge in [0, 0.05) is 13.1 Å². The molecule has 1 aromatic carbocycles. The summed E-state index contributed by atoms with van der Waals surface area (Å²) in [5, 5.41) is 0. The summed E-state index contributed by atoms with van der Waals surface area (Å²) in [6.45, 7) is 4.37. The molecule has 1 rings (SSSR count). The Balaban J connectivity index is 2.37. The first-order valence-electron chi connectivity index (χ1n) is 5.05. The van der Waals surface area contributed by atoms with Crippen LogP contribution in [0.25, 0.3) is 0 Å². The van der Waals surface area contributed by atoms with E-state index in [1.165, 1.54) is 5.56 Å².